The monoisotopic (exact) mass is 216 g/mol. The zero-order chi connectivity index (χ0) is 11.4. The molecule has 1 N–H and O–H groups in total. The Labute approximate surface area is 95.3 Å². The van der Waals surface area contributed by atoms with Crippen molar-refractivity contribution in [3.05, 3.63) is 42.4 Å². The Morgan fingerprint density at radius 1 is 1.31 bits per heavy atom. The fourth-order valence-electron chi connectivity index (χ4n) is 1.67. The maximum Gasteiger partial charge on any atom is 0.148 e. The topological polar surface area (TPSA) is 42.7 Å². The lowest BCUT2D eigenvalue weighted by atomic mass is 10.1. The van der Waals surface area contributed by atoms with Crippen molar-refractivity contribution in [1.82, 2.24) is 14.8 Å². The molecular formula is C12H16N4. The van der Waals surface area contributed by atoms with Crippen molar-refractivity contribution in [2.24, 2.45) is 7.05 Å². The Hall–Kier alpha value is -1.84. The van der Waals surface area contributed by atoms with Crippen LogP contribution in [0.4, 0.5) is 5.82 Å². The van der Waals surface area contributed by atoms with E-state index in [1.807, 2.05) is 43.8 Å². The van der Waals surface area contributed by atoms with Gasteiger partial charge >= 0.3 is 0 Å². The van der Waals surface area contributed by atoms with E-state index in [1.54, 1.807) is 4.68 Å². The molecule has 0 aliphatic rings. The third kappa shape index (κ3) is 2.82. The first-order valence-electron chi connectivity index (χ1n) is 5.39. The Morgan fingerprint density at radius 3 is 2.69 bits per heavy atom. The Bertz CT molecular complexity index is 435. The lowest BCUT2D eigenvalue weighted by Crippen LogP contribution is -2.18. The minimum atomic E-state index is 0.359. The molecule has 1 atom stereocenters. The fourth-order valence-corrected chi connectivity index (χ4v) is 1.67. The van der Waals surface area contributed by atoms with Gasteiger partial charge in [0.05, 0.1) is 0 Å². The van der Waals surface area contributed by atoms with Gasteiger partial charge in [-0.1, -0.05) is 0 Å². The molecule has 0 aliphatic carbocycles. The minimum absolute atomic E-state index is 0.359. The Balaban J connectivity index is 1.92. The third-order valence-corrected chi connectivity index (χ3v) is 2.40. The van der Waals surface area contributed by atoms with E-state index in [2.05, 4.69) is 22.3 Å². The number of hydrogen-bond acceptors (Lipinski definition) is 3. The van der Waals surface area contributed by atoms with Crippen molar-refractivity contribution < 1.29 is 0 Å². The number of nitrogens with zero attached hydrogens (tertiary/aromatic N) is 3. The van der Waals surface area contributed by atoms with E-state index in [9.17, 15) is 0 Å². The standard InChI is InChI=1S/C12H16N4/c1-10(9-11-3-6-13-7-4-11)14-12-5-8-16(2)15-12/h3-8,10H,9H2,1-2H3,(H,14,15). The number of aromatic nitrogens is 3. The minimum Gasteiger partial charge on any atom is -0.366 e. The highest BCUT2D eigenvalue weighted by molar-refractivity contribution is 5.33. The van der Waals surface area contributed by atoms with Gasteiger partial charge in [-0.25, -0.2) is 0 Å². The maximum atomic E-state index is 4.29. The molecule has 0 fully saturated rings. The van der Waals surface area contributed by atoms with Crippen LogP contribution in [0.1, 0.15) is 12.5 Å². The van der Waals surface area contributed by atoms with Crippen LogP contribution in [-0.4, -0.2) is 20.8 Å². The van der Waals surface area contributed by atoms with E-state index in [0.717, 1.165) is 12.2 Å². The zero-order valence-corrected chi connectivity index (χ0v) is 9.59. The van der Waals surface area contributed by atoms with Crippen LogP contribution in [0.3, 0.4) is 0 Å². The summed E-state index contributed by atoms with van der Waals surface area (Å²) >= 11 is 0. The third-order valence-electron chi connectivity index (χ3n) is 2.40. The predicted octanol–water partition coefficient (Wildman–Crippen LogP) is 1.86. The van der Waals surface area contributed by atoms with Crippen molar-refractivity contribution in [1.29, 1.82) is 0 Å². The number of hydrogen-bond donors (Lipinski definition) is 1. The number of pyridine rings is 1. The molecule has 0 bridgehead atoms. The van der Waals surface area contributed by atoms with Crippen LogP contribution in [-0.2, 0) is 13.5 Å². The number of anilines is 1. The smallest absolute Gasteiger partial charge is 0.148 e. The van der Waals surface area contributed by atoms with E-state index >= 15 is 0 Å². The number of aryl methyl sites for hydroxylation is 1. The van der Waals surface area contributed by atoms with Crippen molar-refractivity contribution in [2.45, 2.75) is 19.4 Å². The van der Waals surface area contributed by atoms with Crippen LogP contribution in [0.25, 0.3) is 0 Å². The van der Waals surface area contributed by atoms with Gasteiger partial charge in [-0.3, -0.25) is 9.67 Å². The summed E-state index contributed by atoms with van der Waals surface area (Å²) in [7, 11) is 1.92. The summed E-state index contributed by atoms with van der Waals surface area (Å²) in [5.41, 5.74) is 1.28. The highest BCUT2D eigenvalue weighted by Crippen LogP contribution is 2.07. The first-order chi connectivity index (χ1) is 7.74. The Morgan fingerprint density at radius 2 is 2.06 bits per heavy atom. The molecule has 0 saturated carbocycles. The SMILES string of the molecule is CC(Cc1ccncc1)Nc1ccn(C)n1. The van der Waals surface area contributed by atoms with Crippen LogP contribution in [0.2, 0.25) is 0 Å². The summed E-state index contributed by atoms with van der Waals surface area (Å²) in [5, 5.41) is 7.64. The molecule has 84 valence electrons. The van der Waals surface area contributed by atoms with Gasteiger partial charge in [0.1, 0.15) is 5.82 Å². The van der Waals surface area contributed by atoms with Crippen LogP contribution in [0, 0.1) is 0 Å². The average molecular weight is 216 g/mol. The van der Waals surface area contributed by atoms with E-state index in [1.165, 1.54) is 5.56 Å². The van der Waals surface area contributed by atoms with Gasteiger partial charge in [0.2, 0.25) is 0 Å². The van der Waals surface area contributed by atoms with Crippen LogP contribution in [0.5, 0.6) is 0 Å². The first-order valence-corrected chi connectivity index (χ1v) is 5.39. The number of nitrogens with one attached hydrogen (secondary N) is 1. The molecule has 4 nitrogen and oxygen atoms in total. The van der Waals surface area contributed by atoms with Gasteiger partial charge in [-0.2, -0.15) is 5.10 Å². The molecule has 4 heteroatoms. The normalized spacial score (nSPS) is 12.4. The van der Waals surface area contributed by atoms with E-state index in [-0.39, 0.29) is 0 Å². The summed E-state index contributed by atoms with van der Waals surface area (Å²) in [6.45, 7) is 2.15. The van der Waals surface area contributed by atoms with Gasteiger partial charge in [0.15, 0.2) is 0 Å². The van der Waals surface area contributed by atoms with Crippen molar-refractivity contribution in [3.8, 4) is 0 Å². The van der Waals surface area contributed by atoms with Crippen molar-refractivity contribution >= 4 is 5.82 Å². The van der Waals surface area contributed by atoms with Crippen molar-refractivity contribution in [3.63, 3.8) is 0 Å². The van der Waals surface area contributed by atoms with Crippen LogP contribution in [0.15, 0.2) is 36.8 Å². The molecule has 2 aromatic rings. The van der Waals surface area contributed by atoms with Gasteiger partial charge in [-0.05, 0) is 31.0 Å². The molecule has 2 heterocycles. The molecule has 2 aromatic heterocycles. The van der Waals surface area contributed by atoms with Gasteiger partial charge in [0.25, 0.3) is 0 Å². The molecule has 0 saturated heterocycles. The van der Waals surface area contributed by atoms with Crippen molar-refractivity contribution in [2.75, 3.05) is 5.32 Å². The van der Waals surface area contributed by atoms with E-state index < -0.39 is 0 Å². The molecular weight excluding hydrogens is 200 g/mol. The lowest BCUT2D eigenvalue weighted by molar-refractivity contribution is 0.744. The summed E-state index contributed by atoms with van der Waals surface area (Å²) in [6.07, 6.45) is 6.55. The summed E-state index contributed by atoms with van der Waals surface area (Å²) in [4.78, 5) is 4.00. The summed E-state index contributed by atoms with van der Waals surface area (Å²) < 4.78 is 1.79. The average Bonchev–Trinajstić information content (AvgIpc) is 2.65. The molecule has 2 rings (SSSR count). The predicted molar refractivity (Wildman–Crippen MR) is 64.2 cm³/mol. The van der Waals surface area contributed by atoms with Crippen LogP contribution < -0.4 is 5.32 Å². The molecule has 0 spiro atoms. The molecule has 0 radical (unpaired) electrons. The Kier molecular flexibility index (Phi) is 3.19. The maximum absolute atomic E-state index is 4.29. The summed E-state index contributed by atoms with van der Waals surface area (Å²) in [5.74, 6) is 0.920. The van der Waals surface area contributed by atoms with E-state index in [4.69, 9.17) is 0 Å². The number of rotatable bonds is 4. The molecule has 0 aromatic carbocycles. The van der Waals surface area contributed by atoms with Gasteiger partial charge in [-0.15, -0.1) is 0 Å². The van der Waals surface area contributed by atoms with Crippen LogP contribution >= 0.6 is 0 Å². The first kappa shape index (κ1) is 10.7. The molecule has 16 heavy (non-hydrogen) atoms. The fraction of sp³-hybridized carbons (Fsp3) is 0.333. The zero-order valence-electron chi connectivity index (χ0n) is 9.59. The molecule has 0 aliphatic heterocycles. The second-order valence-corrected chi connectivity index (χ2v) is 3.98. The van der Waals surface area contributed by atoms with Gasteiger partial charge in [0, 0.05) is 37.7 Å². The lowest BCUT2D eigenvalue weighted by Gasteiger charge is -2.12. The van der Waals surface area contributed by atoms with Gasteiger partial charge < -0.3 is 5.32 Å². The quantitative estimate of drug-likeness (QED) is 0.848. The highest BCUT2D eigenvalue weighted by atomic mass is 15.3. The molecule has 0 amide bonds. The largest absolute Gasteiger partial charge is 0.366 e. The second kappa shape index (κ2) is 4.79. The highest BCUT2D eigenvalue weighted by Gasteiger charge is 2.04. The van der Waals surface area contributed by atoms with E-state index in [0.29, 0.717) is 6.04 Å². The summed E-state index contributed by atoms with van der Waals surface area (Å²) in [6, 6.07) is 6.41. The second-order valence-electron chi connectivity index (χ2n) is 3.98. The molecule has 1 unspecified atom stereocenters.